The molecule has 108 valence electrons. The molecule has 0 amide bonds. The molecule has 2 heterocycles. The van der Waals surface area contributed by atoms with Gasteiger partial charge in [-0.2, -0.15) is 20.1 Å². The Morgan fingerprint density at radius 3 is 2.50 bits per heavy atom. The molecule has 0 fully saturated rings. The van der Waals surface area contributed by atoms with Gasteiger partial charge in [0.1, 0.15) is 0 Å². The van der Waals surface area contributed by atoms with Crippen molar-refractivity contribution in [1.29, 1.82) is 0 Å². The van der Waals surface area contributed by atoms with Crippen LogP contribution in [0.4, 0.5) is 11.9 Å². The summed E-state index contributed by atoms with van der Waals surface area (Å²) < 4.78 is 1.62. The van der Waals surface area contributed by atoms with E-state index in [1.165, 1.54) is 0 Å². The van der Waals surface area contributed by atoms with Crippen molar-refractivity contribution in [3.63, 3.8) is 0 Å². The van der Waals surface area contributed by atoms with E-state index in [9.17, 15) is 0 Å². The lowest BCUT2D eigenvalue weighted by Crippen LogP contribution is -2.35. The van der Waals surface area contributed by atoms with E-state index >= 15 is 0 Å². The van der Waals surface area contributed by atoms with Crippen LogP contribution < -0.4 is 10.2 Å². The molecule has 0 bridgehead atoms. The Morgan fingerprint density at radius 1 is 1.20 bits per heavy atom. The quantitative estimate of drug-likeness (QED) is 0.893. The van der Waals surface area contributed by atoms with Gasteiger partial charge >= 0.3 is 0 Å². The highest BCUT2D eigenvalue weighted by Gasteiger charge is 2.18. The zero-order valence-corrected chi connectivity index (χ0v) is 12.6. The van der Waals surface area contributed by atoms with Crippen LogP contribution in [0.3, 0.4) is 0 Å². The van der Waals surface area contributed by atoms with E-state index in [4.69, 9.17) is 0 Å². The fourth-order valence-electron chi connectivity index (χ4n) is 1.74. The smallest absolute Gasteiger partial charge is 0.257 e. The van der Waals surface area contributed by atoms with Crippen LogP contribution >= 0.6 is 0 Å². The first-order valence-electron chi connectivity index (χ1n) is 6.69. The summed E-state index contributed by atoms with van der Waals surface area (Å²) in [4.78, 5) is 15.3. The van der Waals surface area contributed by atoms with Crippen LogP contribution in [0.5, 0.6) is 0 Å². The maximum absolute atomic E-state index is 4.49. The van der Waals surface area contributed by atoms with E-state index in [0.717, 1.165) is 0 Å². The fourth-order valence-corrected chi connectivity index (χ4v) is 1.74. The van der Waals surface area contributed by atoms with Gasteiger partial charge in [-0.25, -0.2) is 4.68 Å². The molecule has 0 spiro atoms. The van der Waals surface area contributed by atoms with Crippen molar-refractivity contribution in [1.82, 2.24) is 24.7 Å². The fraction of sp³-hybridized carbons (Fsp3) is 0.538. The summed E-state index contributed by atoms with van der Waals surface area (Å²) in [6, 6.07) is 2.16. The zero-order valence-electron chi connectivity index (χ0n) is 12.6. The summed E-state index contributed by atoms with van der Waals surface area (Å²) in [5.74, 6) is 2.18. The minimum atomic E-state index is 0.326. The molecule has 0 saturated heterocycles. The van der Waals surface area contributed by atoms with Crippen LogP contribution in [0.25, 0.3) is 5.95 Å². The summed E-state index contributed by atoms with van der Waals surface area (Å²) in [6.45, 7) is 6.51. The molecule has 0 aliphatic rings. The van der Waals surface area contributed by atoms with Crippen LogP contribution in [-0.4, -0.2) is 44.9 Å². The summed E-state index contributed by atoms with van der Waals surface area (Å²) in [5, 5.41) is 7.12. The SMILES string of the molecule is CNc1nc(N(C)C(C)C(C)C)nc(-n2cccn2)n1. The minimum Gasteiger partial charge on any atom is -0.357 e. The van der Waals surface area contributed by atoms with Crippen molar-refractivity contribution in [2.24, 2.45) is 5.92 Å². The molecule has 0 aliphatic heterocycles. The van der Waals surface area contributed by atoms with Gasteiger partial charge in [-0.1, -0.05) is 13.8 Å². The van der Waals surface area contributed by atoms with Gasteiger partial charge in [-0.05, 0) is 18.9 Å². The molecular formula is C13H21N7. The number of rotatable bonds is 5. The predicted octanol–water partition coefficient (Wildman–Crippen LogP) is 1.58. The lowest BCUT2D eigenvalue weighted by atomic mass is 10.1. The van der Waals surface area contributed by atoms with Crippen molar-refractivity contribution in [3.8, 4) is 5.95 Å². The van der Waals surface area contributed by atoms with Crippen molar-refractivity contribution < 1.29 is 0 Å². The first-order valence-corrected chi connectivity index (χ1v) is 6.69. The summed E-state index contributed by atoms with van der Waals surface area (Å²) in [6.07, 6.45) is 3.51. The lowest BCUT2D eigenvalue weighted by molar-refractivity contribution is 0.498. The Morgan fingerprint density at radius 2 is 1.95 bits per heavy atom. The highest BCUT2D eigenvalue weighted by atomic mass is 15.4. The third-order valence-corrected chi connectivity index (χ3v) is 3.44. The number of nitrogens with zero attached hydrogens (tertiary/aromatic N) is 6. The van der Waals surface area contributed by atoms with Gasteiger partial charge in [-0.15, -0.1) is 0 Å². The molecule has 0 radical (unpaired) electrons. The van der Waals surface area contributed by atoms with Crippen LogP contribution in [-0.2, 0) is 0 Å². The molecule has 2 rings (SSSR count). The van der Waals surface area contributed by atoms with Crippen LogP contribution in [0.1, 0.15) is 20.8 Å². The Kier molecular flexibility index (Phi) is 4.16. The van der Waals surface area contributed by atoms with Crippen LogP contribution in [0.2, 0.25) is 0 Å². The highest BCUT2D eigenvalue weighted by molar-refractivity contribution is 5.39. The van der Waals surface area contributed by atoms with Crippen molar-refractivity contribution in [2.75, 3.05) is 24.3 Å². The molecule has 0 aliphatic carbocycles. The maximum Gasteiger partial charge on any atom is 0.257 e. The number of hydrogen-bond acceptors (Lipinski definition) is 6. The Balaban J connectivity index is 2.41. The standard InChI is InChI=1S/C13H21N7/c1-9(2)10(3)19(5)12-16-11(14-4)17-13(18-12)20-8-6-7-15-20/h6-10H,1-5H3,(H,14,16,17,18). The normalized spacial score (nSPS) is 12.5. The maximum atomic E-state index is 4.49. The molecule has 1 N–H and O–H groups in total. The molecule has 1 atom stereocenters. The van der Waals surface area contributed by atoms with Gasteiger partial charge in [0.05, 0.1) is 0 Å². The topological polar surface area (TPSA) is 71.8 Å². The van der Waals surface area contributed by atoms with Gasteiger partial charge in [0.25, 0.3) is 5.95 Å². The van der Waals surface area contributed by atoms with E-state index in [1.54, 1.807) is 17.9 Å². The molecule has 1 unspecified atom stereocenters. The largest absolute Gasteiger partial charge is 0.357 e. The monoisotopic (exact) mass is 275 g/mol. The second-order valence-electron chi connectivity index (χ2n) is 5.06. The summed E-state index contributed by atoms with van der Waals surface area (Å²) >= 11 is 0. The predicted molar refractivity (Wildman–Crippen MR) is 79.2 cm³/mol. The van der Waals surface area contributed by atoms with E-state index in [-0.39, 0.29) is 0 Å². The molecule has 2 aromatic rings. The second kappa shape index (κ2) is 5.85. The highest BCUT2D eigenvalue weighted by Crippen LogP contribution is 2.17. The molecule has 0 saturated carbocycles. The average molecular weight is 275 g/mol. The first kappa shape index (κ1) is 14.2. The van der Waals surface area contributed by atoms with Crippen LogP contribution in [0, 0.1) is 5.92 Å². The number of anilines is 2. The third kappa shape index (κ3) is 2.87. The summed E-state index contributed by atoms with van der Waals surface area (Å²) in [7, 11) is 3.78. The number of nitrogens with one attached hydrogen (secondary N) is 1. The van der Waals surface area contributed by atoms with Crippen LogP contribution in [0.15, 0.2) is 18.5 Å². The second-order valence-corrected chi connectivity index (χ2v) is 5.06. The lowest BCUT2D eigenvalue weighted by Gasteiger charge is -2.28. The molecule has 7 nitrogen and oxygen atoms in total. The van der Waals surface area contributed by atoms with Gasteiger partial charge in [-0.3, -0.25) is 0 Å². The molecule has 2 aromatic heterocycles. The van der Waals surface area contributed by atoms with Crippen molar-refractivity contribution in [2.45, 2.75) is 26.8 Å². The van der Waals surface area contributed by atoms with Crippen molar-refractivity contribution in [3.05, 3.63) is 18.5 Å². The van der Waals surface area contributed by atoms with Gasteiger partial charge in [0.2, 0.25) is 11.9 Å². The van der Waals surface area contributed by atoms with Gasteiger partial charge in [0.15, 0.2) is 0 Å². The Bertz CT molecular complexity index is 550. The van der Waals surface area contributed by atoms with E-state index in [2.05, 4.69) is 51.0 Å². The Hall–Kier alpha value is -2.18. The molecular weight excluding hydrogens is 254 g/mol. The molecule has 7 heteroatoms. The van der Waals surface area contributed by atoms with Crippen molar-refractivity contribution >= 4 is 11.9 Å². The Labute approximate surface area is 119 Å². The minimum absolute atomic E-state index is 0.326. The van der Waals surface area contributed by atoms with E-state index in [0.29, 0.717) is 29.8 Å². The number of aromatic nitrogens is 5. The van der Waals surface area contributed by atoms with Gasteiger partial charge < -0.3 is 10.2 Å². The zero-order chi connectivity index (χ0) is 14.7. The van der Waals surface area contributed by atoms with Gasteiger partial charge in [0, 0.05) is 32.5 Å². The molecule has 0 aromatic carbocycles. The summed E-state index contributed by atoms with van der Waals surface area (Å²) in [5.41, 5.74) is 0. The molecule has 20 heavy (non-hydrogen) atoms. The number of hydrogen-bond donors (Lipinski definition) is 1. The van der Waals surface area contributed by atoms with E-state index in [1.807, 2.05) is 19.3 Å². The average Bonchev–Trinajstić information content (AvgIpc) is 2.99. The first-order chi connectivity index (χ1) is 9.52. The van der Waals surface area contributed by atoms with E-state index < -0.39 is 0 Å². The third-order valence-electron chi connectivity index (χ3n) is 3.44.